The molecular formula is C17H19N3O5S. The molecule has 0 bridgehead atoms. The number of aromatic amines is 1. The van der Waals surface area contributed by atoms with Crippen molar-refractivity contribution in [2.75, 3.05) is 11.1 Å². The Labute approximate surface area is 154 Å². The lowest BCUT2D eigenvalue weighted by atomic mass is 10.1. The number of ether oxygens (including phenoxy) is 1. The van der Waals surface area contributed by atoms with E-state index in [2.05, 4.69) is 15.3 Å². The van der Waals surface area contributed by atoms with Crippen LogP contribution in [0.4, 0.5) is 10.5 Å². The maximum atomic E-state index is 12.2. The Kier molecular flexibility index (Phi) is 6.04. The number of Topliss-reactive ketones (excluding diaryl/α,β-unsaturated/α-hetero) is 1. The minimum atomic E-state index is -0.599. The Morgan fingerprint density at radius 2 is 1.92 bits per heavy atom. The van der Waals surface area contributed by atoms with Crippen molar-refractivity contribution in [3.63, 3.8) is 0 Å². The summed E-state index contributed by atoms with van der Waals surface area (Å²) in [6, 6.07) is 7.29. The molecule has 0 atom stereocenters. The molecule has 1 aromatic heterocycles. The number of H-pyrrole nitrogens is 1. The van der Waals surface area contributed by atoms with Crippen LogP contribution in [0.2, 0.25) is 0 Å². The molecule has 0 saturated heterocycles. The Morgan fingerprint density at radius 3 is 2.50 bits per heavy atom. The molecule has 0 radical (unpaired) electrons. The predicted octanol–water partition coefficient (Wildman–Crippen LogP) is 2.80. The molecule has 0 aliphatic rings. The number of ketones is 1. The Hall–Kier alpha value is -2.81. The van der Waals surface area contributed by atoms with E-state index in [0.717, 1.165) is 17.8 Å². The van der Waals surface area contributed by atoms with Crippen molar-refractivity contribution in [3.05, 3.63) is 46.2 Å². The molecule has 0 saturated carbocycles. The van der Waals surface area contributed by atoms with Gasteiger partial charge in [0.05, 0.1) is 11.8 Å². The topological polar surface area (TPSA) is 121 Å². The fourth-order valence-corrected chi connectivity index (χ4v) is 2.63. The van der Waals surface area contributed by atoms with Gasteiger partial charge in [-0.1, -0.05) is 11.8 Å². The van der Waals surface area contributed by atoms with Gasteiger partial charge < -0.3 is 14.8 Å². The number of nitrogens with zero attached hydrogens (tertiary/aromatic N) is 1. The van der Waals surface area contributed by atoms with Crippen LogP contribution in [0.5, 0.6) is 5.88 Å². The van der Waals surface area contributed by atoms with E-state index in [9.17, 15) is 19.5 Å². The third kappa shape index (κ3) is 6.25. The number of thioether (sulfide) groups is 1. The second-order valence-corrected chi connectivity index (χ2v) is 7.29. The van der Waals surface area contributed by atoms with Gasteiger partial charge in [0.1, 0.15) is 5.60 Å². The maximum Gasteiger partial charge on any atom is 0.412 e. The van der Waals surface area contributed by atoms with Gasteiger partial charge >= 0.3 is 6.09 Å². The molecule has 26 heavy (non-hydrogen) atoms. The van der Waals surface area contributed by atoms with Crippen molar-refractivity contribution < 1.29 is 19.4 Å². The molecule has 0 spiro atoms. The summed E-state index contributed by atoms with van der Waals surface area (Å²) in [6.07, 6.45) is -0.578. The van der Waals surface area contributed by atoms with E-state index in [-0.39, 0.29) is 16.7 Å². The lowest BCUT2D eigenvalue weighted by Crippen LogP contribution is -2.27. The molecule has 2 rings (SSSR count). The number of carbonyl (C=O) groups is 2. The van der Waals surface area contributed by atoms with Crippen LogP contribution in [0.3, 0.4) is 0 Å². The van der Waals surface area contributed by atoms with Gasteiger partial charge in [-0.25, -0.2) is 4.79 Å². The Morgan fingerprint density at radius 1 is 1.27 bits per heavy atom. The predicted molar refractivity (Wildman–Crippen MR) is 97.9 cm³/mol. The minimum absolute atomic E-state index is 0.0330. The number of carbonyl (C=O) groups excluding carboxylic acids is 2. The first-order chi connectivity index (χ1) is 12.1. The van der Waals surface area contributed by atoms with Crippen LogP contribution in [0.25, 0.3) is 0 Å². The molecule has 1 aromatic carbocycles. The monoisotopic (exact) mass is 377 g/mol. The van der Waals surface area contributed by atoms with Crippen molar-refractivity contribution in [2.45, 2.75) is 31.5 Å². The van der Waals surface area contributed by atoms with Crippen molar-refractivity contribution in [2.24, 2.45) is 0 Å². The average molecular weight is 377 g/mol. The van der Waals surface area contributed by atoms with Gasteiger partial charge in [-0.15, -0.1) is 0 Å². The highest BCUT2D eigenvalue weighted by atomic mass is 32.2. The molecule has 0 aliphatic carbocycles. The summed E-state index contributed by atoms with van der Waals surface area (Å²) in [4.78, 5) is 41.3. The standard InChI is InChI=1S/C17H19N3O5S/c1-17(2,3)25-16(24)18-11-6-4-10(5-7-11)12(21)9-26-15-19-13(22)8-14(23)20-15/h4-8H,9H2,1-3H3,(H,18,24)(H2,19,20,22,23). The quantitative estimate of drug-likeness (QED) is 0.416. The van der Waals surface area contributed by atoms with Gasteiger partial charge in [-0.3, -0.25) is 14.9 Å². The van der Waals surface area contributed by atoms with Crippen LogP contribution in [-0.2, 0) is 4.74 Å². The molecule has 0 aliphatic heterocycles. The van der Waals surface area contributed by atoms with E-state index in [4.69, 9.17) is 4.74 Å². The summed E-state index contributed by atoms with van der Waals surface area (Å²) in [5.41, 5.74) is -0.153. The van der Waals surface area contributed by atoms with Gasteiger partial charge in [0.15, 0.2) is 10.9 Å². The summed E-state index contributed by atoms with van der Waals surface area (Å²) in [6.45, 7) is 5.29. The molecule has 3 N–H and O–H groups in total. The summed E-state index contributed by atoms with van der Waals surface area (Å²) in [5, 5.41) is 12.0. The normalized spacial score (nSPS) is 11.0. The van der Waals surface area contributed by atoms with E-state index in [1.54, 1.807) is 45.0 Å². The van der Waals surface area contributed by atoms with Gasteiger partial charge in [-0.2, -0.15) is 4.98 Å². The van der Waals surface area contributed by atoms with Gasteiger partial charge in [0, 0.05) is 11.3 Å². The summed E-state index contributed by atoms with van der Waals surface area (Å²) in [5.74, 6) is -0.559. The maximum absolute atomic E-state index is 12.2. The zero-order valence-corrected chi connectivity index (χ0v) is 15.3. The number of rotatable bonds is 5. The van der Waals surface area contributed by atoms with Crippen molar-refractivity contribution in [3.8, 4) is 5.88 Å². The van der Waals surface area contributed by atoms with Crippen LogP contribution in [0.1, 0.15) is 31.1 Å². The van der Waals surface area contributed by atoms with E-state index in [0.29, 0.717) is 11.3 Å². The van der Waals surface area contributed by atoms with Crippen LogP contribution in [0.15, 0.2) is 40.3 Å². The zero-order chi connectivity index (χ0) is 19.3. The zero-order valence-electron chi connectivity index (χ0n) is 14.5. The number of aromatic nitrogens is 2. The van der Waals surface area contributed by atoms with Gasteiger partial charge in [0.2, 0.25) is 5.88 Å². The Bertz CT molecular complexity index is 856. The fraction of sp³-hybridized carbons (Fsp3) is 0.294. The highest BCUT2D eigenvalue weighted by molar-refractivity contribution is 7.99. The molecule has 1 amide bonds. The first-order valence-electron chi connectivity index (χ1n) is 7.69. The number of hydrogen-bond donors (Lipinski definition) is 3. The Balaban J connectivity index is 1.93. The second-order valence-electron chi connectivity index (χ2n) is 6.32. The van der Waals surface area contributed by atoms with E-state index < -0.39 is 23.1 Å². The number of anilines is 1. The van der Waals surface area contributed by atoms with E-state index in [1.807, 2.05) is 0 Å². The molecule has 138 valence electrons. The van der Waals surface area contributed by atoms with E-state index >= 15 is 0 Å². The third-order valence-electron chi connectivity index (χ3n) is 2.90. The van der Waals surface area contributed by atoms with Crippen LogP contribution < -0.4 is 10.9 Å². The van der Waals surface area contributed by atoms with Crippen molar-refractivity contribution in [1.82, 2.24) is 9.97 Å². The summed E-state index contributed by atoms with van der Waals surface area (Å²) in [7, 11) is 0. The SMILES string of the molecule is CC(C)(C)OC(=O)Nc1ccc(C(=O)CSc2nc(O)cc(=O)[nH]2)cc1. The number of amides is 1. The number of benzene rings is 1. The van der Waals surface area contributed by atoms with Crippen LogP contribution in [-0.4, -0.2) is 38.3 Å². The van der Waals surface area contributed by atoms with Gasteiger partial charge in [0.25, 0.3) is 5.56 Å². The molecule has 1 heterocycles. The highest BCUT2D eigenvalue weighted by Crippen LogP contribution is 2.17. The van der Waals surface area contributed by atoms with Gasteiger partial charge in [-0.05, 0) is 45.0 Å². The second kappa shape index (κ2) is 8.05. The first kappa shape index (κ1) is 19.5. The fourth-order valence-electron chi connectivity index (χ4n) is 1.87. The smallest absolute Gasteiger partial charge is 0.412 e. The van der Waals surface area contributed by atoms with Crippen molar-refractivity contribution in [1.29, 1.82) is 0 Å². The van der Waals surface area contributed by atoms with Crippen molar-refractivity contribution >= 4 is 29.3 Å². The molecule has 0 fully saturated rings. The lowest BCUT2D eigenvalue weighted by molar-refractivity contribution is 0.0636. The van der Waals surface area contributed by atoms with Crippen LogP contribution >= 0.6 is 11.8 Å². The first-order valence-corrected chi connectivity index (χ1v) is 8.67. The minimum Gasteiger partial charge on any atom is -0.493 e. The number of aromatic hydroxyl groups is 1. The third-order valence-corrected chi connectivity index (χ3v) is 3.77. The largest absolute Gasteiger partial charge is 0.493 e. The number of hydrogen-bond acceptors (Lipinski definition) is 7. The molecule has 8 nitrogen and oxygen atoms in total. The molecule has 9 heteroatoms. The highest BCUT2D eigenvalue weighted by Gasteiger charge is 2.16. The van der Waals surface area contributed by atoms with E-state index in [1.165, 1.54) is 0 Å². The molecule has 0 unspecified atom stereocenters. The molecular weight excluding hydrogens is 358 g/mol. The summed E-state index contributed by atoms with van der Waals surface area (Å²) < 4.78 is 5.15. The molecule has 2 aromatic rings. The average Bonchev–Trinajstić information content (AvgIpc) is 2.50. The summed E-state index contributed by atoms with van der Waals surface area (Å²) >= 11 is 1.01. The number of nitrogens with one attached hydrogen (secondary N) is 2. The van der Waals surface area contributed by atoms with Crippen LogP contribution in [0, 0.1) is 0 Å². The lowest BCUT2D eigenvalue weighted by Gasteiger charge is -2.19.